The summed E-state index contributed by atoms with van der Waals surface area (Å²) in [5, 5.41) is 2.59. The number of hydrogen-bond donors (Lipinski definition) is 1. The zero-order chi connectivity index (χ0) is 16.4. The Labute approximate surface area is 141 Å². The summed E-state index contributed by atoms with van der Waals surface area (Å²) in [5.41, 5.74) is 0.886. The van der Waals surface area contributed by atoms with Gasteiger partial charge < -0.3 is 10.2 Å². The number of halogens is 3. The molecule has 1 saturated heterocycles. The van der Waals surface area contributed by atoms with Crippen LogP contribution in [0.1, 0.15) is 24.4 Å². The van der Waals surface area contributed by atoms with Gasteiger partial charge in [0.25, 0.3) is 0 Å². The maximum Gasteiger partial charge on any atom is 0.322 e. The van der Waals surface area contributed by atoms with E-state index in [1.54, 1.807) is 23.1 Å². The lowest BCUT2D eigenvalue weighted by molar-refractivity contribution is 0.207. The van der Waals surface area contributed by atoms with Crippen LogP contribution in [0.5, 0.6) is 0 Å². The summed E-state index contributed by atoms with van der Waals surface area (Å²) in [6, 6.07) is 10.1. The molecule has 0 aromatic heterocycles. The summed E-state index contributed by atoms with van der Waals surface area (Å²) in [5.74, 6) is -0.831. The first-order valence-corrected chi connectivity index (χ1v) is 8.12. The van der Waals surface area contributed by atoms with Crippen LogP contribution in [0.15, 0.2) is 46.9 Å². The Morgan fingerprint density at radius 1 is 1.22 bits per heavy atom. The van der Waals surface area contributed by atoms with Gasteiger partial charge in [-0.15, -0.1) is 0 Å². The van der Waals surface area contributed by atoms with E-state index in [2.05, 4.69) is 21.2 Å². The Morgan fingerprint density at radius 3 is 2.78 bits per heavy atom. The molecule has 0 unspecified atom stereocenters. The molecule has 23 heavy (non-hydrogen) atoms. The quantitative estimate of drug-likeness (QED) is 0.772. The van der Waals surface area contributed by atoms with E-state index in [0.717, 1.165) is 18.4 Å². The molecule has 1 heterocycles. The van der Waals surface area contributed by atoms with Gasteiger partial charge in [-0.3, -0.25) is 0 Å². The van der Waals surface area contributed by atoms with Gasteiger partial charge in [-0.25, -0.2) is 13.6 Å². The van der Waals surface area contributed by atoms with Crippen molar-refractivity contribution in [3.05, 3.63) is 64.1 Å². The number of carbonyl (C=O) groups excluding carboxylic acids is 1. The van der Waals surface area contributed by atoms with E-state index in [4.69, 9.17) is 0 Å². The number of benzene rings is 2. The van der Waals surface area contributed by atoms with Gasteiger partial charge in [-0.2, -0.15) is 0 Å². The van der Waals surface area contributed by atoms with Crippen LogP contribution in [-0.4, -0.2) is 17.5 Å². The average Bonchev–Trinajstić information content (AvgIpc) is 2.99. The van der Waals surface area contributed by atoms with Crippen LogP contribution >= 0.6 is 15.9 Å². The van der Waals surface area contributed by atoms with Crippen molar-refractivity contribution in [1.82, 2.24) is 4.90 Å². The summed E-state index contributed by atoms with van der Waals surface area (Å²) < 4.78 is 27.9. The minimum atomic E-state index is -0.505. The second kappa shape index (κ2) is 6.66. The third-order valence-corrected chi connectivity index (χ3v) is 4.41. The number of hydrogen-bond acceptors (Lipinski definition) is 1. The topological polar surface area (TPSA) is 32.3 Å². The van der Waals surface area contributed by atoms with E-state index in [1.165, 1.54) is 24.3 Å². The van der Waals surface area contributed by atoms with Crippen molar-refractivity contribution < 1.29 is 13.6 Å². The summed E-state index contributed by atoms with van der Waals surface area (Å²) in [7, 11) is 0. The standard InChI is InChI=1S/C17H15BrF2N2O/c18-12-6-7-15(14(20)10-12)21-17(23)22-8-2-5-16(22)11-3-1-4-13(19)9-11/h1,3-4,6-7,9-10,16H,2,5,8H2,(H,21,23)/t16-/m0/s1. The van der Waals surface area contributed by atoms with E-state index in [1.807, 2.05) is 0 Å². The Morgan fingerprint density at radius 2 is 2.04 bits per heavy atom. The van der Waals surface area contributed by atoms with E-state index >= 15 is 0 Å². The average molecular weight is 381 g/mol. The summed E-state index contributed by atoms with van der Waals surface area (Å²) in [4.78, 5) is 14.1. The first-order valence-electron chi connectivity index (χ1n) is 7.33. The van der Waals surface area contributed by atoms with Crippen molar-refractivity contribution in [2.45, 2.75) is 18.9 Å². The van der Waals surface area contributed by atoms with E-state index < -0.39 is 5.82 Å². The lowest BCUT2D eigenvalue weighted by atomic mass is 10.0. The molecule has 0 spiro atoms. The molecular formula is C17H15BrF2N2O. The Hall–Kier alpha value is -1.95. The van der Waals surface area contributed by atoms with Crippen LogP contribution in [0.4, 0.5) is 19.3 Å². The molecule has 1 N–H and O–H groups in total. The number of nitrogens with zero attached hydrogens (tertiary/aromatic N) is 1. The van der Waals surface area contributed by atoms with Gasteiger partial charge in [0.2, 0.25) is 0 Å². The van der Waals surface area contributed by atoms with Crippen LogP contribution in [0.3, 0.4) is 0 Å². The third-order valence-electron chi connectivity index (χ3n) is 3.92. The summed E-state index contributed by atoms with van der Waals surface area (Å²) in [6.45, 7) is 0.561. The Kier molecular flexibility index (Phi) is 4.61. The molecule has 1 fully saturated rings. The van der Waals surface area contributed by atoms with Crippen LogP contribution < -0.4 is 5.32 Å². The van der Waals surface area contributed by atoms with Crippen LogP contribution in [0.2, 0.25) is 0 Å². The molecule has 120 valence electrons. The lowest BCUT2D eigenvalue weighted by Crippen LogP contribution is -2.34. The molecule has 6 heteroatoms. The smallest absolute Gasteiger partial charge is 0.317 e. The van der Waals surface area contributed by atoms with Crippen molar-refractivity contribution in [2.75, 3.05) is 11.9 Å². The van der Waals surface area contributed by atoms with Crippen LogP contribution in [0, 0.1) is 11.6 Å². The predicted molar refractivity (Wildman–Crippen MR) is 88.2 cm³/mol. The largest absolute Gasteiger partial charge is 0.322 e. The lowest BCUT2D eigenvalue weighted by Gasteiger charge is -2.25. The molecule has 0 saturated carbocycles. The highest BCUT2D eigenvalue weighted by Gasteiger charge is 2.30. The maximum absolute atomic E-state index is 13.9. The zero-order valence-corrected chi connectivity index (χ0v) is 13.8. The predicted octanol–water partition coefficient (Wildman–Crippen LogP) is 5.10. The molecule has 1 aliphatic heterocycles. The molecule has 1 atom stereocenters. The number of carbonyl (C=O) groups is 1. The summed E-state index contributed by atoms with van der Waals surface area (Å²) in [6.07, 6.45) is 1.59. The molecular weight excluding hydrogens is 366 g/mol. The van der Waals surface area contributed by atoms with Gasteiger partial charge in [-0.05, 0) is 48.7 Å². The van der Waals surface area contributed by atoms with Gasteiger partial charge in [0.05, 0.1) is 11.7 Å². The van der Waals surface area contributed by atoms with E-state index in [9.17, 15) is 13.6 Å². The number of anilines is 1. The van der Waals surface area contributed by atoms with E-state index in [-0.39, 0.29) is 23.6 Å². The second-order valence-corrected chi connectivity index (χ2v) is 6.38. The SMILES string of the molecule is O=C(Nc1ccc(Br)cc1F)N1CCC[C@H]1c1cccc(F)c1. The molecule has 3 nitrogen and oxygen atoms in total. The molecule has 3 rings (SSSR count). The van der Waals surface area contributed by atoms with Gasteiger partial charge in [-0.1, -0.05) is 28.1 Å². The Balaban J connectivity index is 1.78. The minimum absolute atomic E-state index is 0.128. The van der Waals surface area contributed by atoms with Crippen LogP contribution in [-0.2, 0) is 0 Å². The fraction of sp³-hybridized carbons (Fsp3) is 0.235. The molecule has 2 amide bonds. The number of amides is 2. The highest BCUT2D eigenvalue weighted by atomic mass is 79.9. The fourth-order valence-corrected chi connectivity index (χ4v) is 3.18. The van der Waals surface area contributed by atoms with Crippen molar-refractivity contribution in [1.29, 1.82) is 0 Å². The normalized spacial score (nSPS) is 17.3. The van der Waals surface area contributed by atoms with Gasteiger partial charge in [0, 0.05) is 11.0 Å². The molecule has 0 aliphatic carbocycles. The number of nitrogens with one attached hydrogen (secondary N) is 1. The van der Waals surface area contributed by atoms with Crippen LogP contribution in [0.25, 0.3) is 0 Å². The maximum atomic E-state index is 13.9. The molecule has 2 aromatic carbocycles. The monoisotopic (exact) mass is 380 g/mol. The summed E-state index contributed by atoms with van der Waals surface area (Å²) >= 11 is 3.18. The van der Waals surface area contributed by atoms with Crippen molar-refractivity contribution in [3.63, 3.8) is 0 Å². The highest BCUT2D eigenvalue weighted by Crippen LogP contribution is 2.33. The van der Waals surface area contributed by atoms with Gasteiger partial charge in [0.1, 0.15) is 11.6 Å². The Bertz CT molecular complexity index is 738. The van der Waals surface area contributed by atoms with Crippen molar-refractivity contribution in [2.24, 2.45) is 0 Å². The van der Waals surface area contributed by atoms with Gasteiger partial charge >= 0.3 is 6.03 Å². The van der Waals surface area contributed by atoms with Crippen molar-refractivity contribution >= 4 is 27.6 Å². The molecule has 0 bridgehead atoms. The number of urea groups is 1. The first kappa shape index (κ1) is 15.9. The number of rotatable bonds is 2. The number of likely N-dealkylation sites (tertiary alicyclic amines) is 1. The zero-order valence-electron chi connectivity index (χ0n) is 12.2. The molecule has 2 aromatic rings. The second-order valence-electron chi connectivity index (χ2n) is 5.46. The third kappa shape index (κ3) is 3.52. The van der Waals surface area contributed by atoms with E-state index in [0.29, 0.717) is 11.0 Å². The van der Waals surface area contributed by atoms with Crippen molar-refractivity contribution in [3.8, 4) is 0 Å². The highest BCUT2D eigenvalue weighted by molar-refractivity contribution is 9.10. The molecule has 1 aliphatic rings. The minimum Gasteiger partial charge on any atom is -0.317 e. The first-order chi connectivity index (χ1) is 11.0. The van der Waals surface area contributed by atoms with Gasteiger partial charge in [0.15, 0.2) is 0 Å². The molecule has 0 radical (unpaired) electrons. The fourth-order valence-electron chi connectivity index (χ4n) is 2.85.